The van der Waals surface area contributed by atoms with E-state index in [0.717, 1.165) is 11.1 Å². The largest absolute Gasteiger partial charge is 0.472 e. The van der Waals surface area contributed by atoms with Crippen LogP contribution < -0.4 is 11.3 Å². The van der Waals surface area contributed by atoms with E-state index in [1.165, 1.54) is 10.8 Å². The summed E-state index contributed by atoms with van der Waals surface area (Å²) < 4.78 is 5.11. The van der Waals surface area contributed by atoms with Gasteiger partial charge in [0.15, 0.2) is 0 Å². The number of nitrogens with one attached hydrogen (secondary N) is 1. The van der Waals surface area contributed by atoms with E-state index < -0.39 is 0 Å². The van der Waals surface area contributed by atoms with Gasteiger partial charge in [0.25, 0.3) is 0 Å². The van der Waals surface area contributed by atoms with E-state index in [9.17, 15) is 0 Å². The molecule has 0 saturated carbocycles. The molecule has 0 saturated heterocycles. The molecule has 18 heavy (non-hydrogen) atoms. The van der Waals surface area contributed by atoms with Crippen molar-refractivity contribution in [2.24, 2.45) is 5.84 Å². The lowest BCUT2D eigenvalue weighted by Crippen LogP contribution is -2.28. The summed E-state index contributed by atoms with van der Waals surface area (Å²) >= 11 is 0. The van der Waals surface area contributed by atoms with Crippen LogP contribution in [0.2, 0.25) is 0 Å². The van der Waals surface area contributed by atoms with Crippen LogP contribution in [0.1, 0.15) is 17.2 Å². The van der Waals surface area contributed by atoms with E-state index in [4.69, 9.17) is 10.3 Å². The predicted octanol–water partition coefficient (Wildman–Crippen LogP) is 2.99. The first-order valence-corrected chi connectivity index (χ1v) is 5.85. The van der Waals surface area contributed by atoms with Crippen LogP contribution in [0.3, 0.4) is 0 Å². The second-order valence-corrected chi connectivity index (χ2v) is 4.26. The monoisotopic (exact) mass is 238 g/mol. The molecule has 3 heteroatoms. The molecule has 0 aliphatic rings. The summed E-state index contributed by atoms with van der Waals surface area (Å²) in [5.41, 5.74) is 4.97. The lowest BCUT2D eigenvalue weighted by Gasteiger charge is -2.15. The Morgan fingerprint density at radius 1 is 0.944 bits per heavy atom. The molecule has 2 aromatic carbocycles. The molecule has 0 radical (unpaired) electrons. The van der Waals surface area contributed by atoms with Crippen molar-refractivity contribution in [1.29, 1.82) is 0 Å². The summed E-state index contributed by atoms with van der Waals surface area (Å²) in [6.07, 6.45) is 3.36. The first kappa shape index (κ1) is 11.0. The molecule has 3 N–H and O–H groups in total. The van der Waals surface area contributed by atoms with E-state index in [1.54, 1.807) is 12.5 Å². The molecular formula is C15H14N2O. The molecule has 1 aromatic heterocycles. The van der Waals surface area contributed by atoms with Crippen LogP contribution in [0.25, 0.3) is 10.8 Å². The molecule has 0 fully saturated rings. The Kier molecular flexibility index (Phi) is 2.84. The van der Waals surface area contributed by atoms with Crippen molar-refractivity contribution < 1.29 is 4.42 Å². The standard InChI is InChI=1S/C15H14N2O/c16-17-15(14-7-8-18-10-14)13-6-5-11-3-1-2-4-12(11)9-13/h1-10,15,17H,16H2. The van der Waals surface area contributed by atoms with E-state index in [0.29, 0.717) is 0 Å². The van der Waals surface area contributed by atoms with Crippen LogP contribution in [0, 0.1) is 0 Å². The highest BCUT2D eigenvalue weighted by atomic mass is 16.3. The Balaban J connectivity index is 2.07. The van der Waals surface area contributed by atoms with Gasteiger partial charge in [-0.3, -0.25) is 5.84 Å². The minimum atomic E-state index is -0.0478. The fraction of sp³-hybridized carbons (Fsp3) is 0.0667. The fourth-order valence-electron chi connectivity index (χ4n) is 2.21. The van der Waals surface area contributed by atoms with Gasteiger partial charge in [-0.2, -0.15) is 0 Å². The number of hydrogen-bond acceptors (Lipinski definition) is 3. The van der Waals surface area contributed by atoms with Crippen molar-refractivity contribution in [3.8, 4) is 0 Å². The molecule has 0 aliphatic heterocycles. The minimum Gasteiger partial charge on any atom is -0.472 e. The van der Waals surface area contributed by atoms with Crippen molar-refractivity contribution >= 4 is 10.8 Å². The molecule has 0 aliphatic carbocycles. The fourth-order valence-corrected chi connectivity index (χ4v) is 2.21. The molecule has 3 aromatic rings. The molecule has 0 spiro atoms. The number of nitrogens with two attached hydrogens (primary N) is 1. The van der Waals surface area contributed by atoms with Crippen molar-refractivity contribution in [2.45, 2.75) is 6.04 Å². The van der Waals surface area contributed by atoms with Crippen LogP contribution in [0.15, 0.2) is 65.5 Å². The smallest absolute Gasteiger partial charge is 0.0954 e. The van der Waals surface area contributed by atoms with Gasteiger partial charge in [-0.15, -0.1) is 0 Å². The minimum absolute atomic E-state index is 0.0478. The molecule has 0 bridgehead atoms. The van der Waals surface area contributed by atoms with Gasteiger partial charge in [-0.05, 0) is 28.5 Å². The summed E-state index contributed by atoms with van der Waals surface area (Å²) in [5.74, 6) is 5.65. The highest BCUT2D eigenvalue weighted by Gasteiger charge is 2.13. The van der Waals surface area contributed by atoms with Crippen LogP contribution in [0.4, 0.5) is 0 Å². The maximum absolute atomic E-state index is 5.65. The Morgan fingerprint density at radius 3 is 2.50 bits per heavy atom. The highest BCUT2D eigenvalue weighted by molar-refractivity contribution is 5.83. The van der Waals surface area contributed by atoms with Gasteiger partial charge in [0.05, 0.1) is 18.6 Å². The summed E-state index contributed by atoms with van der Waals surface area (Å²) in [5, 5.41) is 2.43. The van der Waals surface area contributed by atoms with Gasteiger partial charge in [0.2, 0.25) is 0 Å². The third kappa shape index (κ3) is 1.90. The zero-order valence-corrected chi connectivity index (χ0v) is 9.84. The van der Waals surface area contributed by atoms with Gasteiger partial charge in [0.1, 0.15) is 0 Å². The number of hydrazine groups is 1. The predicted molar refractivity (Wildman–Crippen MR) is 71.8 cm³/mol. The average Bonchev–Trinajstić information content (AvgIpc) is 2.93. The first-order valence-electron chi connectivity index (χ1n) is 5.85. The lowest BCUT2D eigenvalue weighted by atomic mass is 9.98. The number of fused-ring (bicyclic) bond motifs is 1. The van der Waals surface area contributed by atoms with Crippen LogP contribution in [0.5, 0.6) is 0 Å². The van der Waals surface area contributed by atoms with Crippen molar-refractivity contribution in [2.75, 3.05) is 0 Å². The topological polar surface area (TPSA) is 51.2 Å². The van der Waals surface area contributed by atoms with Gasteiger partial charge in [0, 0.05) is 5.56 Å². The second-order valence-electron chi connectivity index (χ2n) is 4.26. The molecule has 1 heterocycles. The zero-order chi connectivity index (χ0) is 12.4. The number of furan rings is 1. The SMILES string of the molecule is NNC(c1ccoc1)c1ccc2ccccc2c1. The Hall–Kier alpha value is -2.10. The Labute approximate surface area is 105 Å². The third-order valence-electron chi connectivity index (χ3n) is 3.15. The Bertz CT molecular complexity index is 646. The zero-order valence-electron chi connectivity index (χ0n) is 9.84. The lowest BCUT2D eigenvalue weighted by molar-refractivity contribution is 0.553. The molecule has 0 amide bonds. The quantitative estimate of drug-likeness (QED) is 0.545. The Morgan fingerprint density at radius 2 is 1.78 bits per heavy atom. The molecule has 1 unspecified atom stereocenters. The maximum Gasteiger partial charge on any atom is 0.0954 e. The van der Waals surface area contributed by atoms with Gasteiger partial charge in [-0.25, -0.2) is 5.43 Å². The van der Waals surface area contributed by atoms with Crippen molar-refractivity contribution in [3.05, 3.63) is 72.2 Å². The maximum atomic E-state index is 5.65. The van der Waals surface area contributed by atoms with E-state index >= 15 is 0 Å². The first-order chi connectivity index (χ1) is 8.88. The molecular weight excluding hydrogens is 224 g/mol. The summed E-state index contributed by atoms with van der Waals surface area (Å²) in [4.78, 5) is 0. The molecule has 3 nitrogen and oxygen atoms in total. The van der Waals surface area contributed by atoms with Gasteiger partial charge in [-0.1, -0.05) is 36.4 Å². The highest BCUT2D eigenvalue weighted by Crippen LogP contribution is 2.25. The van der Waals surface area contributed by atoms with Crippen molar-refractivity contribution in [1.82, 2.24) is 5.43 Å². The molecule has 1 atom stereocenters. The normalized spacial score (nSPS) is 12.7. The van der Waals surface area contributed by atoms with Gasteiger partial charge >= 0.3 is 0 Å². The van der Waals surface area contributed by atoms with Crippen LogP contribution in [-0.4, -0.2) is 0 Å². The summed E-state index contributed by atoms with van der Waals surface area (Å²) in [6, 6.07) is 16.5. The third-order valence-corrected chi connectivity index (χ3v) is 3.15. The average molecular weight is 238 g/mol. The van der Waals surface area contributed by atoms with E-state index in [2.05, 4.69) is 35.8 Å². The van der Waals surface area contributed by atoms with Crippen LogP contribution >= 0.6 is 0 Å². The van der Waals surface area contributed by atoms with E-state index in [1.807, 2.05) is 18.2 Å². The van der Waals surface area contributed by atoms with Crippen molar-refractivity contribution in [3.63, 3.8) is 0 Å². The second kappa shape index (κ2) is 4.64. The summed E-state index contributed by atoms with van der Waals surface area (Å²) in [6.45, 7) is 0. The number of rotatable bonds is 3. The number of benzene rings is 2. The summed E-state index contributed by atoms with van der Waals surface area (Å²) in [7, 11) is 0. The number of hydrogen-bond donors (Lipinski definition) is 2. The molecule has 90 valence electrons. The van der Waals surface area contributed by atoms with Crippen LogP contribution in [-0.2, 0) is 0 Å². The van der Waals surface area contributed by atoms with Gasteiger partial charge < -0.3 is 4.42 Å². The molecule has 3 rings (SSSR count). The van der Waals surface area contributed by atoms with E-state index in [-0.39, 0.29) is 6.04 Å².